The number of likely N-dealkylation sites (tertiary alicyclic amines) is 1. The van der Waals surface area contributed by atoms with Gasteiger partial charge in [-0.1, -0.05) is 0 Å². The molecule has 0 aliphatic carbocycles. The molecular formula is C21H29FN4O2. The van der Waals surface area contributed by atoms with Crippen LogP contribution in [0.1, 0.15) is 43.3 Å². The van der Waals surface area contributed by atoms with Gasteiger partial charge in [-0.2, -0.15) is 5.10 Å². The van der Waals surface area contributed by atoms with Crippen LogP contribution in [0.5, 0.6) is 5.75 Å². The highest BCUT2D eigenvalue weighted by molar-refractivity contribution is 5.47. The maximum absolute atomic E-state index is 13.7. The van der Waals surface area contributed by atoms with E-state index in [0.29, 0.717) is 17.6 Å². The van der Waals surface area contributed by atoms with E-state index in [-0.39, 0.29) is 5.82 Å². The lowest BCUT2D eigenvalue weighted by atomic mass is 9.94. The van der Waals surface area contributed by atoms with Crippen LogP contribution in [0, 0.1) is 11.7 Å². The summed E-state index contributed by atoms with van der Waals surface area (Å²) in [6.07, 6.45) is 5.15. The van der Waals surface area contributed by atoms with E-state index in [0.717, 1.165) is 62.9 Å². The summed E-state index contributed by atoms with van der Waals surface area (Å²) in [7, 11) is 3.73. The average Bonchev–Trinajstić information content (AvgIpc) is 3.12. The Morgan fingerprint density at radius 2 is 2.07 bits per heavy atom. The fourth-order valence-electron chi connectivity index (χ4n) is 4.34. The molecule has 2 saturated heterocycles. The van der Waals surface area contributed by atoms with Gasteiger partial charge in [0.1, 0.15) is 23.1 Å². The molecule has 4 rings (SSSR count). The summed E-state index contributed by atoms with van der Waals surface area (Å²) in [4.78, 5) is 7.34. The number of methoxy groups -OCH3 is 1. The quantitative estimate of drug-likeness (QED) is 0.787. The van der Waals surface area contributed by atoms with Crippen molar-refractivity contribution in [1.82, 2.24) is 19.7 Å². The minimum absolute atomic E-state index is 0.314. The number of nitrogens with zero attached hydrogens (tertiary/aromatic N) is 4. The lowest BCUT2D eigenvalue weighted by molar-refractivity contribution is 0.0836. The molecular weight excluding hydrogens is 359 g/mol. The van der Waals surface area contributed by atoms with Crippen molar-refractivity contribution in [3.8, 4) is 11.4 Å². The van der Waals surface area contributed by atoms with Gasteiger partial charge in [0.25, 0.3) is 0 Å². The predicted octanol–water partition coefficient (Wildman–Crippen LogP) is 3.19. The van der Waals surface area contributed by atoms with Crippen LogP contribution in [-0.4, -0.2) is 60.1 Å². The third-order valence-corrected chi connectivity index (χ3v) is 5.84. The highest BCUT2D eigenvalue weighted by Crippen LogP contribution is 2.30. The minimum atomic E-state index is -0.319. The molecule has 0 spiro atoms. The van der Waals surface area contributed by atoms with Crippen molar-refractivity contribution in [2.75, 3.05) is 40.5 Å². The van der Waals surface area contributed by atoms with Crippen LogP contribution in [0.3, 0.4) is 0 Å². The summed E-state index contributed by atoms with van der Waals surface area (Å²) >= 11 is 0. The van der Waals surface area contributed by atoms with E-state index in [9.17, 15) is 4.39 Å². The van der Waals surface area contributed by atoms with Gasteiger partial charge in [0.2, 0.25) is 0 Å². The first-order valence-electron chi connectivity index (χ1n) is 10.2. The standard InChI is InChI=1S/C21H29FN4O2/c1-25-9-3-4-15(14-25)12-20-23-21(16-7-10-28-11-8-16)24-26(20)18-6-5-17(22)13-19(18)27-2/h5-6,13,15-16H,3-4,7-12,14H2,1-2H3. The number of piperidine rings is 1. The topological polar surface area (TPSA) is 52.4 Å². The molecule has 0 bridgehead atoms. The molecule has 0 N–H and O–H groups in total. The van der Waals surface area contributed by atoms with Gasteiger partial charge in [-0.25, -0.2) is 14.1 Å². The molecule has 2 aromatic rings. The van der Waals surface area contributed by atoms with Crippen molar-refractivity contribution in [3.05, 3.63) is 35.7 Å². The summed E-state index contributed by atoms with van der Waals surface area (Å²) in [5, 5.41) is 4.86. The van der Waals surface area contributed by atoms with Gasteiger partial charge in [0.05, 0.1) is 7.11 Å². The van der Waals surface area contributed by atoms with E-state index in [1.165, 1.54) is 25.0 Å². The average molecular weight is 388 g/mol. The maximum atomic E-state index is 13.7. The van der Waals surface area contributed by atoms with Gasteiger partial charge >= 0.3 is 0 Å². The molecule has 0 saturated carbocycles. The molecule has 2 aliphatic rings. The molecule has 1 unspecified atom stereocenters. The second-order valence-corrected chi connectivity index (χ2v) is 7.98. The highest BCUT2D eigenvalue weighted by atomic mass is 19.1. The van der Waals surface area contributed by atoms with Gasteiger partial charge < -0.3 is 14.4 Å². The third-order valence-electron chi connectivity index (χ3n) is 5.84. The van der Waals surface area contributed by atoms with E-state index < -0.39 is 0 Å². The van der Waals surface area contributed by atoms with Crippen molar-refractivity contribution in [3.63, 3.8) is 0 Å². The molecule has 0 radical (unpaired) electrons. The van der Waals surface area contributed by atoms with Crippen molar-refractivity contribution >= 4 is 0 Å². The molecule has 7 heteroatoms. The zero-order chi connectivity index (χ0) is 19.5. The lowest BCUT2D eigenvalue weighted by Gasteiger charge is -2.29. The number of aromatic nitrogens is 3. The Labute approximate surface area is 165 Å². The van der Waals surface area contributed by atoms with E-state index in [2.05, 4.69) is 11.9 Å². The van der Waals surface area contributed by atoms with E-state index in [1.807, 2.05) is 4.68 Å². The summed E-state index contributed by atoms with van der Waals surface area (Å²) in [6, 6.07) is 4.59. The maximum Gasteiger partial charge on any atom is 0.154 e. The highest BCUT2D eigenvalue weighted by Gasteiger charge is 2.26. The lowest BCUT2D eigenvalue weighted by Crippen LogP contribution is -2.33. The zero-order valence-electron chi connectivity index (χ0n) is 16.7. The van der Waals surface area contributed by atoms with Crippen LogP contribution in [0.2, 0.25) is 0 Å². The van der Waals surface area contributed by atoms with Gasteiger partial charge in [-0.15, -0.1) is 0 Å². The molecule has 0 amide bonds. The van der Waals surface area contributed by atoms with Crippen LogP contribution in [0.25, 0.3) is 5.69 Å². The fourth-order valence-corrected chi connectivity index (χ4v) is 4.34. The van der Waals surface area contributed by atoms with Gasteiger partial charge in [-0.3, -0.25) is 0 Å². The SMILES string of the molecule is COc1cc(F)ccc1-n1nc(C2CCOCC2)nc1CC1CCCN(C)C1. The van der Waals surface area contributed by atoms with E-state index in [4.69, 9.17) is 19.6 Å². The Morgan fingerprint density at radius 3 is 2.82 bits per heavy atom. The molecule has 2 aliphatic heterocycles. The third kappa shape index (κ3) is 4.20. The fraction of sp³-hybridized carbons (Fsp3) is 0.619. The van der Waals surface area contributed by atoms with Crippen molar-refractivity contribution in [1.29, 1.82) is 0 Å². The molecule has 1 atom stereocenters. The Balaban J connectivity index is 1.69. The van der Waals surface area contributed by atoms with E-state index in [1.54, 1.807) is 13.2 Å². The van der Waals surface area contributed by atoms with E-state index >= 15 is 0 Å². The van der Waals surface area contributed by atoms with Gasteiger partial charge in [0.15, 0.2) is 5.82 Å². The molecule has 28 heavy (non-hydrogen) atoms. The zero-order valence-corrected chi connectivity index (χ0v) is 16.7. The normalized spacial score (nSPS) is 21.8. The number of halogens is 1. The number of rotatable bonds is 5. The van der Waals surface area contributed by atoms with Crippen LogP contribution >= 0.6 is 0 Å². The van der Waals surface area contributed by atoms with Crippen LogP contribution in [0.15, 0.2) is 18.2 Å². The summed E-state index contributed by atoms with van der Waals surface area (Å²) < 4.78 is 26.5. The van der Waals surface area contributed by atoms with Crippen LogP contribution in [-0.2, 0) is 11.2 Å². The molecule has 2 fully saturated rings. The monoisotopic (exact) mass is 388 g/mol. The molecule has 152 valence electrons. The van der Waals surface area contributed by atoms with Gasteiger partial charge in [0, 0.05) is 38.2 Å². The summed E-state index contributed by atoms with van der Waals surface area (Å²) in [5.74, 6) is 2.83. The Hall–Kier alpha value is -1.99. The molecule has 1 aromatic heterocycles. The largest absolute Gasteiger partial charge is 0.494 e. The Morgan fingerprint density at radius 1 is 1.25 bits per heavy atom. The van der Waals surface area contributed by atoms with Crippen LogP contribution in [0.4, 0.5) is 4.39 Å². The summed E-state index contributed by atoms with van der Waals surface area (Å²) in [6.45, 7) is 3.73. The summed E-state index contributed by atoms with van der Waals surface area (Å²) in [5.41, 5.74) is 0.744. The van der Waals surface area contributed by atoms with Crippen molar-refractivity contribution < 1.29 is 13.9 Å². The molecule has 6 nitrogen and oxygen atoms in total. The Bertz CT molecular complexity index is 804. The first-order chi connectivity index (χ1) is 13.6. The van der Waals surface area contributed by atoms with Crippen molar-refractivity contribution in [2.45, 2.75) is 38.0 Å². The first kappa shape index (κ1) is 19.3. The number of benzene rings is 1. The molecule has 1 aromatic carbocycles. The predicted molar refractivity (Wildman–Crippen MR) is 105 cm³/mol. The smallest absolute Gasteiger partial charge is 0.154 e. The number of ether oxygens (including phenoxy) is 2. The first-order valence-corrected chi connectivity index (χ1v) is 10.2. The minimum Gasteiger partial charge on any atom is -0.494 e. The van der Waals surface area contributed by atoms with Crippen molar-refractivity contribution in [2.24, 2.45) is 5.92 Å². The van der Waals surface area contributed by atoms with Gasteiger partial charge in [-0.05, 0) is 57.3 Å². The molecule has 3 heterocycles. The second-order valence-electron chi connectivity index (χ2n) is 7.98. The number of hydrogen-bond acceptors (Lipinski definition) is 5. The van der Waals surface area contributed by atoms with Crippen LogP contribution < -0.4 is 4.74 Å². The second kappa shape index (κ2) is 8.57. The Kier molecular flexibility index (Phi) is 5.92. The number of hydrogen-bond donors (Lipinski definition) is 0.